The maximum Gasteiger partial charge on any atom is 0.0709 e. The van der Waals surface area contributed by atoms with Crippen molar-refractivity contribution in [1.29, 1.82) is 0 Å². The lowest BCUT2D eigenvalue weighted by Gasteiger charge is -2.24. The molecule has 2 nitrogen and oxygen atoms in total. The van der Waals surface area contributed by atoms with Gasteiger partial charge in [0, 0.05) is 29.9 Å². The molecule has 0 spiro atoms. The first kappa shape index (κ1) is 14.8. The molecule has 0 bridgehead atoms. The van der Waals surface area contributed by atoms with Crippen molar-refractivity contribution in [1.82, 2.24) is 4.98 Å². The monoisotopic (exact) mass is 270 g/mol. The average Bonchev–Trinajstić information content (AvgIpc) is 2.45. The zero-order valence-corrected chi connectivity index (χ0v) is 13.2. The van der Waals surface area contributed by atoms with Crippen molar-refractivity contribution in [2.24, 2.45) is 0 Å². The van der Waals surface area contributed by atoms with Gasteiger partial charge in [0.2, 0.25) is 0 Å². The molecule has 0 N–H and O–H groups in total. The molecule has 0 aliphatic heterocycles. The van der Waals surface area contributed by atoms with Crippen LogP contribution in [0.15, 0.2) is 24.3 Å². The van der Waals surface area contributed by atoms with E-state index in [4.69, 9.17) is 0 Å². The van der Waals surface area contributed by atoms with Crippen LogP contribution in [0.3, 0.4) is 0 Å². The minimum Gasteiger partial charge on any atom is -0.372 e. The molecule has 0 saturated carbocycles. The van der Waals surface area contributed by atoms with Crippen LogP contribution in [0, 0.1) is 6.92 Å². The molecule has 108 valence electrons. The molecule has 2 heteroatoms. The van der Waals surface area contributed by atoms with E-state index in [0.29, 0.717) is 0 Å². The summed E-state index contributed by atoms with van der Waals surface area (Å²) in [4.78, 5) is 7.14. The Kier molecular flexibility index (Phi) is 4.99. The third-order valence-corrected chi connectivity index (χ3v) is 3.74. The number of pyridine rings is 1. The van der Waals surface area contributed by atoms with Gasteiger partial charge in [-0.1, -0.05) is 20.8 Å². The molecular weight excluding hydrogens is 244 g/mol. The molecule has 0 aliphatic rings. The van der Waals surface area contributed by atoms with Crippen molar-refractivity contribution in [2.45, 2.75) is 47.0 Å². The second-order valence-electron chi connectivity index (χ2n) is 5.46. The van der Waals surface area contributed by atoms with Gasteiger partial charge in [-0.05, 0) is 56.0 Å². The number of anilines is 1. The van der Waals surface area contributed by atoms with Crippen LogP contribution in [0.2, 0.25) is 0 Å². The number of fused-ring (bicyclic) bond motifs is 1. The molecule has 0 amide bonds. The summed E-state index contributed by atoms with van der Waals surface area (Å²) in [6, 6.07) is 8.94. The van der Waals surface area contributed by atoms with Crippen LogP contribution >= 0.6 is 0 Å². The third-order valence-electron chi connectivity index (χ3n) is 3.74. The Labute approximate surface area is 122 Å². The second-order valence-corrected chi connectivity index (χ2v) is 5.46. The fraction of sp³-hybridized carbons (Fsp3) is 0.500. The minimum absolute atomic E-state index is 1.06. The number of aryl methyl sites for hydroxylation is 2. The third kappa shape index (κ3) is 3.12. The molecule has 0 unspecified atom stereocenters. The van der Waals surface area contributed by atoms with Crippen molar-refractivity contribution in [3.8, 4) is 0 Å². The molecule has 0 fully saturated rings. The molecule has 2 rings (SSSR count). The largest absolute Gasteiger partial charge is 0.372 e. The van der Waals surface area contributed by atoms with Gasteiger partial charge in [-0.2, -0.15) is 0 Å². The van der Waals surface area contributed by atoms with Crippen molar-refractivity contribution in [2.75, 3.05) is 18.0 Å². The van der Waals surface area contributed by atoms with Gasteiger partial charge in [0.15, 0.2) is 0 Å². The topological polar surface area (TPSA) is 16.1 Å². The van der Waals surface area contributed by atoms with E-state index in [1.165, 1.54) is 29.5 Å². The van der Waals surface area contributed by atoms with Crippen molar-refractivity contribution in [3.63, 3.8) is 0 Å². The van der Waals surface area contributed by atoms with E-state index in [-0.39, 0.29) is 0 Å². The molecule has 2 aromatic rings. The van der Waals surface area contributed by atoms with Crippen molar-refractivity contribution in [3.05, 3.63) is 35.5 Å². The molecule has 0 aliphatic carbocycles. The number of hydrogen-bond donors (Lipinski definition) is 0. The van der Waals surface area contributed by atoms with Crippen molar-refractivity contribution >= 4 is 16.6 Å². The maximum atomic E-state index is 4.66. The summed E-state index contributed by atoms with van der Waals surface area (Å²) in [5.74, 6) is 0. The first-order chi connectivity index (χ1) is 9.69. The van der Waals surface area contributed by atoms with Gasteiger partial charge in [-0.25, -0.2) is 0 Å². The number of rotatable bonds is 6. The molecular formula is C18H26N2. The predicted molar refractivity (Wildman–Crippen MR) is 88.7 cm³/mol. The minimum atomic E-state index is 1.06. The fourth-order valence-corrected chi connectivity index (χ4v) is 2.83. The van der Waals surface area contributed by atoms with Crippen LogP contribution in [-0.4, -0.2) is 18.1 Å². The molecule has 1 aromatic carbocycles. The molecule has 0 saturated heterocycles. The average molecular weight is 270 g/mol. The highest BCUT2D eigenvalue weighted by molar-refractivity contribution is 5.86. The van der Waals surface area contributed by atoms with Crippen LogP contribution in [0.25, 0.3) is 10.9 Å². The zero-order valence-electron chi connectivity index (χ0n) is 13.2. The Hall–Kier alpha value is -1.57. The van der Waals surface area contributed by atoms with E-state index in [1.54, 1.807) is 0 Å². The van der Waals surface area contributed by atoms with Gasteiger partial charge in [0.05, 0.1) is 5.52 Å². The summed E-state index contributed by atoms with van der Waals surface area (Å²) in [6.45, 7) is 11.0. The number of aromatic nitrogens is 1. The lowest BCUT2D eigenvalue weighted by molar-refractivity contribution is 0.745. The smallest absolute Gasteiger partial charge is 0.0709 e. The van der Waals surface area contributed by atoms with Gasteiger partial charge >= 0.3 is 0 Å². The summed E-state index contributed by atoms with van der Waals surface area (Å²) >= 11 is 0. The lowest BCUT2D eigenvalue weighted by atomic mass is 10.0. The van der Waals surface area contributed by atoms with E-state index in [2.05, 4.69) is 61.8 Å². The fourth-order valence-electron chi connectivity index (χ4n) is 2.83. The predicted octanol–water partition coefficient (Wildman–Crippen LogP) is 4.73. The molecule has 0 radical (unpaired) electrons. The van der Waals surface area contributed by atoms with Gasteiger partial charge < -0.3 is 4.90 Å². The summed E-state index contributed by atoms with van der Waals surface area (Å²) in [7, 11) is 0. The number of hydrogen-bond acceptors (Lipinski definition) is 2. The quantitative estimate of drug-likeness (QED) is 0.754. The van der Waals surface area contributed by atoms with E-state index < -0.39 is 0 Å². The van der Waals surface area contributed by atoms with E-state index in [9.17, 15) is 0 Å². The van der Waals surface area contributed by atoms with Crippen molar-refractivity contribution < 1.29 is 0 Å². The second kappa shape index (κ2) is 6.74. The highest BCUT2D eigenvalue weighted by atomic mass is 15.1. The summed E-state index contributed by atoms with van der Waals surface area (Å²) in [6.07, 6.45) is 3.43. The highest BCUT2D eigenvalue weighted by Crippen LogP contribution is 2.25. The number of benzene rings is 1. The Bertz CT molecular complexity index is 569. The maximum absolute atomic E-state index is 4.66. The first-order valence-corrected chi connectivity index (χ1v) is 7.84. The standard InChI is InChI=1S/C18H26N2/c1-5-10-20(11-6-2)16-8-9-18-17(13-16)15(7-3)12-14(4)19-18/h8-9,12-13H,5-7,10-11H2,1-4H3. The Morgan fingerprint density at radius 2 is 1.70 bits per heavy atom. The van der Waals surface area contributed by atoms with Gasteiger partial charge in [-0.15, -0.1) is 0 Å². The van der Waals surface area contributed by atoms with Gasteiger partial charge in [0.25, 0.3) is 0 Å². The number of nitrogens with zero attached hydrogens (tertiary/aromatic N) is 2. The van der Waals surface area contributed by atoms with Crippen LogP contribution in [0.4, 0.5) is 5.69 Å². The molecule has 1 heterocycles. The normalized spacial score (nSPS) is 11.0. The van der Waals surface area contributed by atoms with E-state index in [0.717, 1.165) is 30.7 Å². The van der Waals surface area contributed by atoms with E-state index >= 15 is 0 Å². The van der Waals surface area contributed by atoms with Crippen LogP contribution in [0.1, 0.15) is 44.9 Å². The summed E-state index contributed by atoms with van der Waals surface area (Å²) in [5, 5.41) is 1.31. The van der Waals surface area contributed by atoms with Gasteiger partial charge in [0.1, 0.15) is 0 Å². The SMILES string of the molecule is CCCN(CCC)c1ccc2nc(C)cc(CC)c2c1. The molecule has 0 atom stereocenters. The summed E-state index contributed by atoms with van der Waals surface area (Å²) < 4.78 is 0. The van der Waals surface area contributed by atoms with Gasteiger partial charge in [-0.3, -0.25) is 4.98 Å². The zero-order chi connectivity index (χ0) is 14.5. The lowest BCUT2D eigenvalue weighted by Crippen LogP contribution is -2.24. The molecule has 20 heavy (non-hydrogen) atoms. The van der Waals surface area contributed by atoms with Crippen LogP contribution < -0.4 is 4.90 Å². The van der Waals surface area contributed by atoms with E-state index in [1.807, 2.05) is 0 Å². The van der Waals surface area contributed by atoms with Crippen LogP contribution in [-0.2, 0) is 6.42 Å². The Morgan fingerprint density at radius 3 is 2.30 bits per heavy atom. The van der Waals surface area contributed by atoms with Crippen LogP contribution in [0.5, 0.6) is 0 Å². The Morgan fingerprint density at radius 1 is 1.00 bits per heavy atom. The summed E-state index contributed by atoms with van der Waals surface area (Å²) in [5.41, 5.74) is 4.98. The first-order valence-electron chi connectivity index (χ1n) is 7.84. The highest BCUT2D eigenvalue weighted by Gasteiger charge is 2.08. The molecule has 1 aromatic heterocycles. The Balaban J connectivity index is 2.48.